The lowest BCUT2D eigenvalue weighted by atomic mass is 10.1. The molecule has 2 nitrogen and oxygen atoms in total. The fourth-order valence-electron chi connectivity index (χ4n) is 2.06. The van der Waals surface area contributed by atoms with Crippen LogP contribution in [0, 0.1) is 17.5 Å². The molecular formula is C16H16F3NO. The molecule has 5 heteroatoms. The zero-order chi connectivity index (χ0) is 15.4. The molecule has 0 heterocycles. The van der Waals surface area contributed by atoms with Gasteiger partial charge in [-0.05, 0) is 42.8 Å². The predicted molar refractivity (Wildman–Crippen MR) is 74.1 cm³/mol. The number of hydrogen-bond donors (Lipinski definition) is 2. The van der Waals surface area contributed by atoms with Crippen LogP contribution in [-0.2, 0) is 0 Å². The van der Waals surface area contributed by atoms with Gasteiger partial charge in [0.25, 0.3) is 0 Å². The van der Waals surface area contributed by atoms with Crippen molar-refractivity contribution in [2.75, 3.05) is 6.54 Å². The molecule has 0 saturated carbocycles. The molecule has 0 saturated heterocycles. The maximum absolute atomic E-state index is 13.5. The normalized spacial score (nSPS) is 14.0. The monoisotopic (exact) mass is 295 g/mol. The third kappa shape index (κ3) is 4.06. The summed E-state index contributed by atoms with van der Waals surface area (Å²) < 4.78 is 39.7. The highest BCUT2D eigenvalue weighted by molar-refractivity contribution is 5.22. The Hall–Kier alpha value is -1.85. The van der Waals surface area contributed by atoms with Gasteiger partial charge in [-0.25, -0.2) is 13.2 Å². The third-order valence-electron chi connectivity index (χ3n) is 3.28. The maximum Gasteiger partial charge on any atom is 0.129 e. The molecule has 0 aliphatic heterocycles. The number of rotatable bonds is 5. The fraction of sp³-hybridized carbons (Fsp3) is 0.250. The fourth-order valence-corrected chi connectivity index (χ4v) is 2.06. The Morgan fingerprint density at radius 1 is 1.05 bits per heavy atom. The Morgan fingerprint density at radius 3 is 2.48 bits per heavy atom. The van der Waals surface area contributed by atoms with Crippen molar-refractivity contribution in [2.45, 2.75) is 19.1 Å². The first-order valence-electron chi connectivity index (χ1n) is 6.59. The third-order valence-corrected chi connectivity index (χ3v) is 3.28. The zero-order valence-corrected chi connectivity index (χ0v) is 11.5. The SMILES string of the molecule is C[C@@H](NCC(O)c1cc(F)ccc1F)c1cccc(F)c1. The molecule has 0 aliphatic rings. The number of halogens is 3. The van der Waals surface area contributed by atoms with E-state index in [1.165, 1.54) is 12.1 Å². The van der Waals surface area contributed by atoms with E-state index in [0.717, 1.165) is 18.2 Å². The highest BCUT2D eigenvalue weighted by atomic mass is 19.1. The molecule has 0 spiro atoms. The minimum Gasteiger partial charge on any atom is -0.387 e. The second-order valence-corrected chi connectivity index (χ2v) is 4.87. The highest BCUT2D eigenvalue weighted by Gasteiger charge is 2.15. The molecule has 0 aromatic heterocycles. The van der Waals surface area contributed by atoms with Gasteiger partial charge in [-0.1, -0.05) is 12.1 Å². The van der Waals surface area contributed by atoms with Crippen molar-refractivity contribution in [3.63, 3.8) is 0 Å². The summed E-state index contributed by atoms with van der Waals surface area (Å²) in [5, 5.41) is 12.9. The van der Waals surface area contributed by atoms with Gasteiger partial charge in [0.2, 0.25) is 0 Å². The lowest BCUT2D eigenvalue weighted by Crippen LogP contribution is -2.25. The smallest absolute Gasteiger partial charge is 0.129 e. The maximum atomic E-state index is 13.5. The van der Waals surface area contributed by atoms with Crippen LogP contribution in [0.5, 0.6) is 0 Å². The van der Waals surface area contributed by atoms with Gasteiger partial charge >= 0.3 is 0 Å². The molecule has 2 rings (SSSR count). The molecule has 0 radical (unpaired) electrons. The lowest BCUT2D eigenvalue weighted by Gasteiger charge is -2.18. The number of aliphatic hydroxyl groups excluding tert-OH is 1. The van der Waals surface area contributed by atoms with E-state index in [-0.39, 0.29) is 24.0 Å². The predicted octanol–water partition coefficient (Wildman–Crippen LogP) is 3.49. The quantitative estimate of drug-likeness (QED) is 0.885. The summed E-state index contributed by atoms with van der Waals surface area (Å²) in [6.07, 6.45) is -1.18. The van der Waals surface area contributed by atoms with Crippen molar-refractivity contribution in [1.82, 2.24) is 5.32 Å². The molecule has 0 bridgehead atoms. The Balaban J connectivity index is 2.00. The van der Waals surface area contributed by atoms with Crippen molar-refractivity contribution in [3.8, 4) is 0 Å². The van der Waals surface area contributed by atoms with Crippen LogP contribution in [-0.4, -0.2) is 11.7 Å². The van der Waals surface area contributed by atoms with Gasteiger partial charge in [0.1, 0.15) is 17.5 Å². The highest BCUT2D eigenvalue weighted by Crippen LogP contribution is 2.19. The van der Waals surface area contributed by atoms with Crippen molar-refractivity contribution < 1.29 is 18.3 Å². The Labute approximate surface area is 121 Å². The van der Waals surface area contributed by atoms with E-state index < -0.39 is 17.7 Å². The summed E-state index contributed by atoms with van der Waals surface area (Å²) in [6, 6.07) is 8.76. The number of hydrogen-bond acceptors (Lipinski definition) is 2. The number of aliphatic hydroxyl groups is 1. The lowest BCUT2D eigenvalue weighted by molar-refractivity contribution is 0.165. The molecule has 2 atom stereocenters. The number of benzene rings is 2. The van der Waals surface area contributed by atoms with E-state index in [2.05, 4.69) is 5.32 Å². The first-order chi connectivity index (χ1) is 9.97. The largest absolute Gasteiger partial charge is 0.387 e. The molecule has 2 aromatic rings. The van der Waals surface area contributed by atoms with Gasteiger partial charge in [0, 0.05) is 18.2 Å². The molecule has 0 aliphatic carbocycles. The number of nitrogens with one attached hydrogen (secondary N) is 1. The van der Waals surface area contributed by atoms with E-state index in [0.29, 0.717) is 5.56 Å². The average molecular weight is 295 g/mol. The van der Waals surface area contributed by atoms with Crippen molar-refractivity contribution in [2.24, 2.45) is 0 Å². The summed E-state index contributed by atoms with van der Waals surface area (Å²) in [6.45, 7) is 1.82. The van der Waals surface area contributed by atoms with Gasteiger partial charge < -0.3 is 10.4 Å². The van der Waals surface area contributed by atoms with Gasteiger partial charge in [-0.2, -0.15) is 0 Å². The summed E-state index contributed by atoms with van der Waals surface area (Å²) in [7, 11) is 0. The Bertz CT molecular complexity index is 618. The van der Waals surface area contributed by atoms with E-state index in [1.54, 1.807) is 19.1 Å². The minimum atomic E-state index is -1.18. The zero-order valence-electron chi connectivity index (χ0n) is 11.5. The summed E-state index contributed by atoms with van der Waals surface area (Å²) in [5.41, 5.74) is 0.607. The molecule has 112 valence electrons. The van der Waals surface area contributed by atoms with Crippen LogP contribution in [0.15, 0.2) is 42.5 Å². The first kappa shape index (κ1) is 15.5. The second kappa shape index (κ2) is 6.74. The van der Waals surface area contributed by atoms with Gasteiger partial charge in [-0.15, -0.1) is 0 Å². The standard InChI is InChI=1S/C16H16F3NO/c1-10(11-3-2-4-12(17)7-11)20-9-16(21)14-8-13(18)5-6-15(14)19/h2-8,10,16,20-21H,9H2,1H3/t10-,16?/m1/s1. The molecule has 2 aromatic carbocycles. The second-order valence-electron chi connectivity index (χ2n) is 4.87. The first-order valence-corrected chi connectivity index (χ1v) is 6.59. The van der Waals surface area contributed by atoms with Crippen LogP contribution < -0.4 is 5.32 Å². The summed E-state index contributed by atoms with van der Waals surface area (Å²) in [4.78, 5) is 0. The van der Waals surface area contributed by atoms with Crippen molar-refractivity contribution in [1.29, 1.82) is 0 Å². The van der Waals surface area contributed by atoms with Crippen molar-refractivity contribution in [3.05, 3.63) is 71.0 Å². The topological polar surface area (TPSA) is 32.3 Å². The molecular weight excluding hydrogens is 279 g/mol. The van der Waals surface area contributed by atoms with Crippen LogP contribution in [0.3, 0.4) is 0 Å². The average Bonchev–Trinajstić information content (AvgIpc) is 2.47. The van der Waals surface area contributed by atoms with Crippen LogP contribution in [0.2, 0.25) is 0 Å². The van der Waals surface area contributed by atoms with Crippen LogP contribution in [0.4, 0.5) is 13.2 Å². The molecule has 0 amide bonds. The molecule has 0 fully saturated rings. The molecule has 2 N–H and O–H groups in total. The Morgan fingerprint density at radius 2 is 1.76 bits per heavy atom. The van der Waals surface area contributed by atoms with Crippen LogP contribution >= 0.6 is 0 Å². The van der Waals surface area contributed by atoms with Crippen LogP contribution in [0.25, 0.3) is 0 Å². The van der Waals surface area contributed by atoms with E-state index in [9.17, 15) is 18.3 Å². The van der Waals surface area contributed by atoms with E-state index in [1.807, 2.05) is 0 Å². The van der Waals surface area contributed by atoms with Crippen molar-refractivity contribution >= 4 is 0 Å². The van der Waals surface area contributed by atoms with Gasteiger partial charge in [-0.3, -0.25) is 0 Å². The van der Waals surface area contributed by atoms with Gasteiger partial charge in [0.15, 0.2) is 0 Å². The van der Waals surface area contributed by atoms with Crippen LogP contribution in [0.1, 0.15) is 30.2 Å². The molecule has 21 heavy (non-hydrogen) atoms. The van der Waals surface area contributed by atoms with E-state index in [4.69, 9.17) is 0 Å². The summed E-state index contributed by atoms with van der Waals surface area (Å²) >= 11 is 0. The minimum absolute atomic E-state index is 0.0258. The summed E-state index contributed by atoms with van der Waals surface area (Å²) in [5.74, 6) is -1.62. The molecule has 1 unspecified atom stereocenters. The van der Waals surface area contributed by atoms with E-state index >= 15 is 0 Å². The van der Waals surface area contributed by atoms with Gasteiger partial charge in [0.05, 0.1) is 6.10 Å². The Kier molecular flexibility index (Phi) is 4.98.